The minimum atomic E-state index is -0.627. The molecule has 22 heavy (non-hydrogen) atoms. The fourth-order valence-electron chi connectivity index (χ4n) is 2.26. The summed E-state index contributed by atoms with van der Waals surface area (Å²) in [7, 11) is 0. The zero-order chi connectivity index (χ0) is 16.5. The number of aliphatic hydroxyl groups is 1. The van der Waals surface area contributed by atoms with Crippen LogP contribution in [0.5, 0.6) is 0 Å². The van der Waals surface area contributed by atoms with Gasteiger partial charge in [-0.15, -0.1) is 0 Å². The average molecular weight is 311 g/mol. The zero-order valence-corrected chi connectivity index (χ0v) is 14.1. The number of carbonyl (C=O) groups excluding carboxylic acids is 2. The van der Waals surface area contributed by atoms with Crippen LogP contribution in [0.1, 0.15) is 84.0 Å². The zero-order valence-electron chi connectivity index (χ0n) is 14.1. The van der Waals surface area contributed by atoms with Gasteiger partial charge in [0.2, 0.25) is 5.91 Å². The van der Waals surface area contributed by atoms with Crippen LogP contribution in [-0.2, 0) is 9.59 Å². The number of hydrogen-bond donors (Lipinski definition) is 2. The molecule has 0 aromatic rings. The standard InChI is InChI=1S/C18H33NO3/c1-2-3-4-5-6-7-8-9-10-11-12-13-14-15-17(21)19-18(22)16-20/h7-8,20H,2-6,9-16H2,1H3,(H,19,21,22)/b8-7-. The minimum absolute atomic E-state index is 0.287. The van der Waals surface area contributed by atoms with Gasteiger partial charge in [-0.1, -0.05) is 57.6 Å². The maximum atomic E-state index is 11.3. The Kier molecular flexibility index (Phi) is 15.4. The fraction of sp³-hybridized carbons (Fsp3) is 0.778. The Morgan fingerprint density at radius 1 is 0.818 bits per heavy atom. The number of carbonyl (C=O) groups is 2. The Balaban J connectivity index is 3.25. The molecule has 0 fully saturated rings. The molecule has 0 atom stereocenters. The molecule has 0 heterocycles. The monoisotopic (exact) mass is 311 g/mol. The predicted molar refractivity (Wildman–Crippen MR) is 90.5 cm³/mol. The highest BCUT2D eigenvalue weighted by Gasteiger charge is 2.05. The molecule has 0 aliphatic rings. The summed E-state index contributed by atoms with van der Waals surface area (Å²) < 4.78 is 0. The molecule has 0 aromatic carbocycles. The van der Waals surface area contributed by atoms with Crippen LogP contribution in [0.15, 0.2) is 12.2 Å². The first-order chi connectivity index (χ1) is 10.7. The van der Waals surface area contributed by atoms with E-state index in [4.69, 9.17) is 5.11 Å². The first-order valence-corrected chi connectivity index (χ1v) is 8.79. The summed E-state index contributed by atoms with van der Waals surface area (Å²) >= 11 is 0. The molecule has 0 saturated carbocycles. The lowest BCUT2D eigenvalue weighted by Gasteiger charge is -2.02. The van der Waals surface area contributed by atoms with Crippen molar-refractivity contribution in [1.29, 1.82) is 0 Å². The molecule has 4 nitrogen and oxygen atoms in total. The highest BCUT2D eigenvalue weighted by Crippen LogP contribution is 2.08. The molecule has 0 radical (unpaired) electrons. The van der Waals surface area contributed by atoms with Crippen molar-refractivity contribution in [2.45, 2.75) is 84.0 Å². The van der Waals surface area contributed by atoms with Crippen LogP contribution in [0, 0.1) is 0 Å². The molecular weight excluding hydrogens is 278 g/mol. The van der Waals surface area contributed by atoms with Gasteiger partial charge in [0.1, 0.15) is 6.61 Å². The molecule has 128 valence electrons. The third-order valence-electron chi connectivity index (χ3n) is 3.59. The molecule has 2 amide bonds. The van der Waals surface area contributed by atoms with E-state index in [0.717, 1.165) is 25.7 Å². The van der Waals surface area contributed by atoms with Gasteiger partial charge in [0, 0.05) is 6.42 Å². The normalized spacial score (nSPS) is 11.0. The second kappa shape index (κ2) is 16.2. The maximum Gasteiger partial charge on any atom is 0.252 e. The van der Waals surface area contributed by atoms with Gasteiger partial charge in [0.15, 0.2) is 0 Å². The summed E-state index contributed by atoms with van der Waals surface area (Å²) in [5, 5.41) is 10.6. The molecule has 0 bridgehead atoms. The molecule has 0 aliphatic carbocycles. The largest absolute Gasteiger partial charge is 0.387 e. The van der Waals surface area contributed by atoms with E-state index in [2.05, 4.69) is 24.4 Å². The van der Waals surface area contributed by atoms with Gasteiger partial charge in [0.25, 0.3) is 5.91 Å². The number of allylic oxidation sites excluding steroid dienone is 2. The van der Waals surface area contributed by atoms with E-state index in [1.807, 2.05) is 0 Å². The van der Waals surface area contributed by atoms with Crippen LogP contribution in [0.4, 0.5) is 0 Å². The lowest BCUT2D eigenvalue weighted by Crippen LogP contribution is -2.32. The van der Waals surface area contributed by atoms with Crippen molar-refractivity contribution in [2.75, 3.05) is 6.61 Å². The van der Waals surface area contributed by atoms with Crippen LogP contribution >= 0.6 is 0 Å². The summed E-state index contributed by atoms with van der Waals surface area (Å²) in [6, 6.07) is 0. The van der Waals surface area contributed by atoms with Crippen LogP contribution in [-0.4, -0.2) is 23.5 Å². The third kappa shape index (κ3) is 15.2. The Labute approximate surface area is 135 Å². The minimum Gasteiger partial charge on any atom is -0.387 e. The SMILES string of the molecule is CCCCCC/C=C\CCCCCCCC(=O)NC(=O)CO. The summed E-state index contributed by atoms with van der Waals surface area (Å²) in [5.41, 5.74) is 0. The predicted octanol–water partition coefficient (Wildman–Crippen LogP) is 3.88. The number of amides is 2. The molecule has 0 unspecified atom stereocenters. The average Bonchev–Trinajstić information content (AvgIpc) is 2.51. The number of aliphatic hydroxyl groups excluding tert-OH is 1. The molecule has 0 rings (SSSR count). The van der Waals surface area contributed by atoms with Crippen molar-refractivity contribution in [3.05, 3.63) is 12.2 Å². The molecule has 2 N–H and O–H groups in total. The van der Waals surface area contributed by atoms with Crippen molar-refractivity contribution < 1.29 is 14.7 Å². The van der Waals surface area contributed by atoms with Gasteiger partial charge in [-0.3, -0.25) is 14.9 Å². The summed E-state index contributed by atoms with van der Waals surface area (Å²) in [6.07, 6.45) is 18.0. The van der Waals surface area contributed by atoms with Crippen molar-refractivity contribution in [1.82, 2.24) is 5.32 Å². The van der Waals surface area contributed by atoms with E-state index >= 15 is 0 Å². The topological polar surface area (TPSA) is 66.4 Å². The van der Waals surface area contributed by atoms with Crippen LogP contribution in [0.25, 0.3) is 0 Å². The number of nitrogens with one attached hydrogen (secondary N) is 1. The van der Waals surface area contributed by atoms with Gasteiger partial charge in [-0.05, 0) is 32.1 Å². The van der Waals surface area contributed by atoms with Crippen LogP contribution in [0.2, 0.25) is 0 Å². The van der Waals surface area contributed by atoms with Crippen LogP contribution < -0.4 is 5.32 Å². The van der Waals surface area contributed by atoms with E-state index < -0.39 is 12.5 Å². The molecule has 0 spiro atoms. The molecule has 4 heteroatoms. The number of rotatable bonds is 14. The Morgan fingerprint density at radius 2 is 1.36 bits per heavy atom. The van der Waals surface area contributed by atoms with Gasteiger partial charge in [0.05, 0.1) is 0 Å². The van der Waals surface area contributed by atoms with Crippen molar-refractivity contribution in [3.8, 4) is 0 Å². The highest BCUT2D eigenvalue weighted by atomic mass is 16.3. The quantitative estimate of drug-likeness (QED) is 0.378. The molecular formula is C18H33NO3. The summed E-state index contributed by atoms with van der Waals surface area (Å²) in [4.78, 5) is 22.0. The number of hydrogen-bond acceptors (Lipinski definition) is 3. The van der Waals surface area contributed by atoms with E-state index in [1.54, 1.807) is 0 Å². The first-order valence-electron chi connectivity index (χ1n) is 8.79. The summed E-state index contributed by atoms with van der Waals surface area (Å²) in [5.74, 6) is -0.906. The Bertz CT molecular complexity index is 313. The van der Waals surface area contributed by atoms with E-state index in [-0.39, 0.29) is 5.91 Å². The lowest BCUT2D eigenvalue weighted by molar-refractivity contribution is -0.132. The van der Waals surface area contributed by atoms with Gasteiger partial charge >= 0.3 is 0 Å². The van der Waals surface area contributed by atoms with E-state index in [9.17, 15) is 9.59 Å². The lowest BCUT2D eigenvalue weighted by atomic mass is 10.1. The number of unbranched alkanes of at least 4 members (excludes halogenated alkanes) is 9. The van der Waals surface area contributed by atoms with Gasteiger partial charge < -0.3 is 5.11 Å². The fourth-order valence-corrected chi connectivity index (χ4v) is 2.26. The first kappa shape index (κ1) is 20.8. The van der Waals surface area contributed by atoms with Crippen molar-refractivity contribution in [3.63, 3.8) is 0 Å². The smallest absolute Gasteiger partial charge is 0.252 e. The number of imide groups is 1. The van der Waals surface area contributed by atoms with Crippen molar-refractivity contribution >= 4 is 11.8 Å². The maximum absolute atomic E-state index is 11.3. The third-order valence-corrected chi connectivity index (χ3v) is 3.59. The Morgan fingerprint density at radius 3 is 1.95 bits per heavy atom. The van der Waals surface area contributed by atoms with E-state index in [1.165, 1.54) is 44.9 Å². The van der Waals surface area contributed by atoms with Gasteiger partial charge in [-0.2, -0.15) is 0 Å². The Hall–Kier alpha value is -1.16. The van der Waals surface area contributed by atoms with Crippen LogP contribution in [0.3, 0.4) is 0 Å². The summed E-state index contributed by atoms with van der Waals surface area (Å²) in [6.45, 7) is 1.61. The second-order valence-corrected chi connectivity index (χ2v) is 5.76. The molecule has 0 aliphatic heterocycles. The second-order valence-electron chi connectivity index (χ2n) is 5.76. The van der Waals surface area contributed by atoms with Crippen molar-refractivity contribution in [2.24, 2.45) is 0 Å². The molecule has 0 saturated heterocycles. The van der Waals surface area contributed by atoms with Gasteiger partial charge in [-0.25, -0.2) is 0 Å². The van der Waals surface area contributed by atoms with E-state index in [0.29, 0.717) is 6.42 Å². The molecule has 0 aromatic heterocycles. The highest BCUT2D eigenvalue weighted by molar-refractivity contribution is 5.95.